The van der Waals surface area contributed by atoms with Crippen LogP contribution in [-0.2, 0) is 6.42 Å². The molecule has 4 nitrogen and oxygen atoms in total. The van der Waals surface area contributed by atoms with Crippen molar-refractivity contribution in [1.82, 2.24) is 0 Å². The minimum atomic E-state index is 0.213. The second-order valence-electron chi connectivity index (χ2n) is 3.83. The Morgan fingerprint density at radius 2 is 1.61 bits per heavy atom. The summed E-state index contributed by atoms with van der Waals surface area (Å²) in [5, 5.41) is 17.7. The van der Waals surface area contributed by atoms with Gasteiger partial charge in [-0.2, -0.15) is 0 Å². The van der Waals surface area contributed by atoms with E-state index in [0.29, 0.717) is 5.69 Å². The van der Waals surface area contributed by atoms with Crippen LogP contribution in [-0.4, -0.2) is 10.2 Å². The van der Waals surface area contributed by atoms with Crippen LogP contribution in [0.25, 0.3) is 0 Å². The first-order valence-electron chi connectivity index (χ1n) is 5.64. The lowest BCUT2D eigenvalue weighted by molar-refractivity contribution is 0.474. The molecule has 0 radical (unpaired) electrons. The second-order valence-corrected chi connectivity index (χ2v) is 3.83. The van der Waals surface area contributed by atoms with Crippen LogP contribution in [0.1, 0.15) is 12.5 Å². The summed E-state index contributed by atoms with van der Waals surface area (Å²) in [6, 6.07) is 11.5. The first-order valence-corrected chi connectivity index (χ1v) is 5.64. The van der Waals surface area contributed by atoms with Gasteiger partial charge in [0.05, 0.1) is 0 Å². The number of benzene rings is 2. The summed E-state index contributed by atoms with van der Waals surface area (Å²) in [6.07, 6.45) is 0.861. The zero-order valence-electron chi connectivity index (χ0n) is 10.3. The highest BCUT2D eigenvalue weighted by atomic mass is 16.3. The lowest BCUT2D eigenvalue weighted by Gasteiger charge is -2.01. The first-order chi connectivity index (χ1) is 8.52. The molecule has 0 aliphatic carbocycles. The maximum Gasteiger partial charge on any atom is 0.117 e. The molecule has 0 fully saturated rings. The molecule has 0 aliphatic rings. The van der Waals surface area contributed by atoms with Gasteiger partial charge in [0.2, 0.25) is 0 Å². The van der Waals surface area contributed by atoms with Crippen molar-refractivity contribution in [3.8, 4) is 11.5 Å². The van der Waals surface area contributed by atoms with Gasteiger partial charge in [-0.15, -0.1) is 0 Å². The van der Waals surface area contributed by atoms with Gasteiger partial charge < -0.3 is 21.7 Å². The largest absolute Gasteiger partial charge is 0.508 e. The molecule has 0 saturated heterocycles. The van der Waals surface area contributed by atoms with E-state index in [-0.39, 0.29) is 11.5 Å². The summed E-state index contributed by atoms with van der Waals surface area (Å²) in [5.74, 6) is 0.496. The summed E-state index contributed by atoms with van der Waals surface area (Å²) in [6.45, 7) is 2.01. The van der Waals surface area contributed by atoms with Crippen molar-refractivity contribution in [2.45, 2.75) is 13.3 Å². The molecule has 0 spiro atoms. The molecule has 2 rings (SSSR count). The molecule has 6 N–H and O–H groups in total. The summed E-state index contributed by atoms with van der Waals surface area (Å²) >= 11 is 0. The Morgan fingerprint density at radius 1 is 0.944 bits per heavy atom. The van der Waals surface area contributed by atoms with Gasteiger partial charge in [0.1, 0.15) is 11.5 Å². The number of aryl methyl sites for hydroxylation is 1. The summed E-state index contributed by atoms with van der Waals surface area (Å²) in [7, 11) is 0. The number of nitrogens with two attached hydrogens (primary N) is 2. The van der Waals surface area contributed by atoms with Gasteiger partial charge in [-0.3, -0.25) is 0 Å². The van der Waals surface area contributed by atoms with Crippen LogP contribution in [0.3, 0.4) is 0 Å². The number of hydrogen-bond acceptors (Lipinski definition) is 4. The second kappa shape index (κ2) is 6.39. The molecular weight excluding hydrogens is 228 g/mol. The molecule has 0 atom stereocenters. The number of phenolic OH excluding ortho intramolecular Hbond substituents is 2. The van der Waals surface area contributed by atoms with Crippen molar-refractivity contribution in [3.05, 3.63) is 48.0 Å². The number of hydrogen-bond donors (Lipinski definition) is 4. The van der Waals surface area contributed by atoms with Gasteiger partial charge in [0, 0.05) is 17.4 Å². The molecule has 0 amide bonds. The molecule has 96 valence electrons. The highest BCUT2D eigenvalue weighted by Crippen LogP contribution is 2.18. The van der Waals surface area contributed by atoms with Crippen molar-refractivity contribution in [1.29, 1.82) is 0 Å². The molecule has 4 heteroatoms. The van der Waals surface area contributed by atoms with Gasteiger partial charge in [-0.1, -0.05) is 13.0 Å². The van der Waals surface area contributed by atoms with Crippen molar-refractivity contribution in [3.63, 3.8) is 0 Å². The lowest BCUT2D eigenvalue weighted by Crippen LogP contribution is -1.90. The van der Waals surface area contributed by atoms with E-state index < -0.39 is 0 Å². The normalized spacial score (nSPS) is 9.39. The Morgan fingerprint density at radius 3 is 2.06 bits per heavy atom. The zero-order chi connectivity index (χ0) is 13.5. The molecule has 18 heavy (non-hydrogen) atoms. The maximum absolute atomic E-state index is 9.01. The lowest BCUT2D eigenvalue weighted by atomic mass is 10.1. The summed E-state index contributed by atoms with van der Waals surface area (Å²) in [5.41, 5.74) is 13.2. The molecule has 0 aliphatic heterocycles. The summed E-state index contributed by atoms with van der Waals surface area (Å²) < 4.78 is 0. The van der Waals surface area contributed by atoms with Gasteiger partial charge in [-0.05, 0) is 42.3 Å². The van der Waals surface area contributed by atoms with Crippen LogP contribution in [0.2, 0.25) is 0 Å². The Kier molecular flexibility index (Phi) is 4.87. The third-order valence-electron chi connectivity index (χ3n) is 2.38. The number of aromatic hydroxyl groups is 2. The van der Waals surface area contributed by atoms with E-state index in [1.807, 2.05) is 6.92 Å². The third kappa shape index (κ3) is 4.25. The molecule has 0 heterocycles. The third-order valence-corrected chi connectivity index (χ3v) is 2.38. The average Bonchev–Trinajstić information content (AvgIpc) is 2.33. The van der Waals surface area contributed by atoms with Crippen LogP contribution in [0, 0.1) is 0 Å². The van der Waals surface area contributed by atoms with Crippen molar-refractivity contribution in [2.24, 2.45) is 0 Å². The minimum Gasteiger partial charge on any atom is -0.508 e. The van der Waals surface area contributed by atoms with Crippen LogP contribution < -0.4 is 11.5 Å². The van der Waals surface area contributed by atoms with E-state index >= 15 is 0 Å². The molecular formula is C14H18N2O2. The van der Waals surface area contributed by atoms with Gasteiger partial charge >= 0.3 is 0 Å². The van der Waals surface area contributed by atoms with E-state index in [9.17, 15) is 0 Å². The smallest absolute Gasteiger partial charge is 0.117 e. The quantitative estimate of drug-likeness (QED) is 0.459. The van der Waals surface area contributed by atoms with E-state index in [0.717, 1.165) is 17.7 Å². The van der Waals surface area contributed by atoms with Gasteiger partial charge in [0.25, 0.3) is 0 Å². The van der Waals surface area contributed by atoms with Gasteiger partial charge in [0.15, 0.2) is 0 Å². The number of nitrogen functional groups attached to an aromatic ring is 2. The van der Waals surface area contributed by atoms with Crippen molar-refractivity contribution < 1.29 is 10.2 Å². The fourth-order valence-electron chi connectivity index (χ4n) is 1.42. The van der Waals surface area contributed by atoms with Crippen LogP contribution in [0.5, 0.6) is 11.5 Å². The molecule has 2 aromatic carbocycles. The SMILES string of the molecule is CCc1cc(O)ccc1N.Nc1cccc(O)c1. The standard InChI is InChI=1S/C8H11NO.C6H7NO/c1-2-6-5-7(10)3-4-8(6)9;7-5-2-1-3-6(8)4-5/h3-5,10H,2,9H2,1H3;1-4,8H,7H2. The highest BCUT2D eigenvalue weighted by molar-refractivity contribution is 5.49. The topological polar surface area (TPSA) is 92.5 Å². The zero-order valence-corrected chi connectivity index (χ0v) is 10.3. The highest BCUT2D eigenvalue weighted by Gasteiger charge is 1.95. The van der Waals surface area contributed by atoms with Gasteiger partial charge in [-0.25, -0.2) is 0 Å². The number of anilines is 2. The van der Waals surface area contributed by atoms with Crippen molar-refractivity contribution in [2.75, 3.05) is 11.5 Å². The predicted molar refractivity (Wildman–Crippen MR) is 74.4 cm³/mol. The average molecular weight is 246 g/mol. The molecule has 0 saturated carbocycles. The van der Waals surface area contributed by atoms with E-state index in [4.69, 9.17) is 21.7 Å². The number of phenols is 2. The Balaban J connectivity index is 0.000000184. The first kappa shape index (κ1) is 13.7. The molecule has 2 aromatic rings. The minimum absolute atomic E-state index is 0.213. The molecule has 0 bridgehead atoms. The van der Waals surface area contributed by atoms with Crippen molar-refractivity contribution >= 4 is 11.4 Å². The van der Waals surface area contributed by atoms with E-state index in [1.165, 1.54) is 6.07 Å². The summed E-state index contributed by atoms with van der Waals surface area (Å²) in [4.78, 5) is 0. The maximum atomic E-state index is 9.01. The Hall–Kier alpha value is -2.36. The number of rotatable bonds is 1. The molecule has 0 unspecified atom stereocenters. The Bertz CT molecular complexity index is 496. The fourth-order valence-corrected chi connectivity index (χ4v) is 1.42. The van der Waals surface area contributed by atoms with E-state index in [2.05, 4.69) is 0 Å². The predicted octanol–water partition coefficient (Wildman–Crippen LogP) is 2.51. The molecule has 0 aromatic heterocycles. The van der Waals surface area contributed by atoms with Crippen LogP contribution in [0.15, 0.2) is 42.5 Å². The van der Waals surface area contributed by atoms with Crippen LogP contribution in [0.4, 0.5) is 11.4 Å². The monoisotopic (exact) mass is 246 g/mol. The fraction of sp³-hybridized carbons (Fsp3) is 0.143. The Labute approximate surface area is 106 Å². The van der Waals surface area contributed by atoms with Crippen LogP contribution >= 0.6 is 0 Å². The van der Waals surface area contributed by atoms with E-state index in [1.54, 1.807) is 36.4 Å².